The van der Waals surface area contributed by atoms with Crippen LogP contribution < -0.4 is 4.72 Å². The van der Waals surface area contributed by atoms with E-state index < -0.39 is 25.4 Å². The molecule has 9 heteroatoms. The quantitative estimate of drug-likeness (QED) is 0.523. The van der Waals surface area contributed by atoms with E-state index in [0.29, 0.717) is 0 Å². The third-order valence-electron chi connectivity index (χ3n) is 2.07. The molecule has 0 aliphatic rings. The SMILES string of the molecule is CC(C)(C)S(=O)(=O)Nc1nc(Cl)ccc1[N+](=O)[O-]. The Morgan fingerprint density at radius 2 is 1.94 bits per heavy atom. The van der Waals surface area contributed by atoms with Crippen LogP contribution in [0.25, 0.3) is 0 Å². The highest BCUT2D eigenvalue weighted by molar-refractivity contribution is 7.94. The summed E-state index contributed by atoms with van der Waals surface area (Å²) in [6.45, 7) is 4.39. The molecule has 1 rings (SSSR count). The Labute approximate surface area is 109 Å². The number of halogens is 1. The second-order valence-corrected chi connectivity index (χ2v) is 7.30. The highest BCUT2D eigenvalue weighted by atomic mass is 35.5. The van der Waals surface area contributed by atoms with Gasteiger partial charge in [0.1, 0.15) is 5.15 Å². The largest absolute Gasteiger partial charge is 0.312 e. The summed E-state index contributed by atoms with van der Waals surface area (Å²) in [6.07, 6.45) is 0. The molecule has 0 aliphatic heterocycles. The van der Waals surface area contributed by atoms with Gasteiger partial charge in [-0.15, -0.1) is 0 Å². The number of pyridine rings is 1. The van der Waals surface area contributed by atoms with Crippen LogP contribution in [-0.4, -0.2) is 23.1 Å². The summed E-state index contributed by atoms with van der Waals surface area (Å²) in [5.41, 5.74) is -0.452. The van der Waals surface area contributed by atoms with E-state index in [9.17, 15) is 18.5 Å². The van der Waals surface area contributed by atoms with Gasteiger partial charge in [0.2, 0.25) is 15.8 Å². The van der Waals surface area contributed by atoms with E-state index in [0.717, 1.165) is 6.07 Å². The summed E-state index contributed by atoms with van der Waals surface area (Å²) in [7, 11) is -3.80. The van der Waals surface area contributed by atoms with Crippen LogP contribution in [0.5, 0.6) is 0 Å². The molecule has 0 aliphatic carbocycles. The number of nitrogens with one attached hydrogen (secondary N) is 1. The van der Waals surface area contributed by atoms with Gasteiger partial charge in [0.05, 0.1) is 9.67 Å². The van der Waals surface area contributed by atoms with E-state index in [2.05, 4.69) is 9.71 Å². The van der Waals surface area contributed by atoms with Crippen molar-refractivity contribution in [2.75, 3.05) is 4.72 Å². The predicted molar refractivity (Wildman–Crippen MR) is 68.2 cm³/mol. The number of anilines is 1. The molecule has 1 aromatic heterocycles. The number of nitrogens with zero attached hydrogens (tertiary/aromatic N) is 2. The van der Waals surface area contributed by atoms with Crippen molar-refractivity contribution in [1.82, 2.24) is 4.98 Å². The lowest BCUT2D eigenvalue weighted by atomic mass is 10.3. The van der Waals surface area contributed by atoms with Crippen LogP contribution in [0.1, 0.15) is 20.8 Å². The number of rotatable bonds is 3. The van der Waals surface area contributed by atoms with E-state index in [1.165, 1.54) is 26.8 Å². The molecule has 1 heterocycles. The first-order valence-corrected chi connectivity index (χ1v) is 6.74. The highest BCUT2D eigenvalue weighted by Crippen LogP contribution is 2.27. The van der Waals surface area contributed by atoms with Crippen molar-refractivity contribution in [3.8, 4) is 0 Å². The standard InChI is InChI=1S/C9H12ClN3O4S/c1-9(2,3)18(16,17)12-8-6(13(14)15)4-5-7(10)11-8/h4-5H,1-3H3,(H,11,12). The van der Waals surface area contributed by atoms with E-state index in [1.807, 2.05) is 0 Å². The summed E-state index contributed by atoms with van der Waals surface area (Å²) < 4.78 is 24.7. The molecule has 0 amide bonds. The molecule has 1 aromatic rings. The van der Waals surface area contributed by atoms with Gasteiger partial charge in [-0.05, 0) is 26.8 Å². The van der Waals surface area contributed by atoms with Crippen molar-refractivity contribution < 1.29 is 13.3 Å². The first kappa shape index (κ1) is 14.7. The fourth-order valence-electron chi connectivity index (χ4n) is 0.931. The zero-order valence-corrected chi connectivity index (χ0v) is 11.5. The number of hydrogen-bond acceptors (Lipinski definition) is 5. The van der Waals surface area contributed by atoms with E-state index in [4.69, 9.17) is 11.6 Å². The summed E-state index contributed by atoms with van der Waals surface area (Å²) in [6, 6.07) is 2.31. The van der Waals surface area contributed by atoms with Gasteiger partial charge < -0.3 is 0 Å². The smallest absolute Gasteiger partial charge is 0.261 e. The minimum Gasteiger partial charge on any atom is -0.261 e. The van der Waals surface area contributed by atoms with Crippen LogP contribution in [0, 0.1) is 10.1 Å². The maximum atomic E-state index is 11.9. The molecule has 0 saturated carbocycles. The van der Waals surface area contributed by atoms with E-state index in [1.54, 1.807) is 0 Å². The summed E-state index contributed by atoms with van der Waals surface area (Å²) in [5.74, 6) is -0.387. The number of hydrogen-bond donors (Lipinski definition) is 1. The molecule has 0 radical (unpaired) electrons. The van der Waals surface area contributed by atoms with Gasteiger partial charge in [-0.1, -0.05) is 11.6 Å². The summed E-state index contributed by atoms with van der Waals surface area (Å²) in [5, 5.41) is 10.7. The van der Waals surface area contributed by atoms with Gasteiger partial charge in [0.25, 0.3) is 0 Å². The van der Waals surface area contributed by atoms with Crippen molar-refractivity contribution in [2.24, 2.45) is 0 Å². The van der Waals surface area contributed by atoms with Crippen LogP contribution in [0.3, 0.4) is 0 Å². The zero-order chi connectivity index (χ0) is 14.1. The van der Waals surface area contributed by atoms with Crippen LogP contribution in [0.4, 0.5) is 11.5 Å². The second-order valence-electron chi connectivity index (χ2n) is 4.48. The molecular weight excluding hydrogens is 282 g/mol. The van der Waals surface area contributed by atoms with E-state index in [-0.39, 0.29) is 11.0 Å². The van der Waals surface area contributed by atoms with Gasteiger partial charge >= 0.3 is 5.69 Å². The Morgan fingerprint density at radius 1 is 1.39 bits per heavy atom. The van der Waals surface area contributed by atoms with Gasteiger partial charge in [0.15, 0.2) is 0 Å². The molecule has 1 N–H and O–H groups in total. The number of sulfonamides is 1. The lowest BCUT2D eigenvalue weighted by Crippen LogP contribution is -2.34. The van der Waals surface area contributed by atoms with Gasteiger partial charge in [-0.25, -0.2) is 13.4 Å². The van der Waals surface area contributed by atoms with Crippen molar-refractivity contribution in [3.05, 3.63) is 27.4 Å². The Bertz CT molecular complexity index is 580. The number of nitro groups is 1. The average Bonchev–Trinajstić information content (AvgIpc) is 2.14. The Balaban J connectivity index is 3.27. The van der Waals surface area contributed by atoms with Gasteiger partial charge in [0, 0.05) is 6.07 Å². The Kier molecular flexibility index (Phi) is 3.82. The molecule has 0 unspecified atom stereocenters. The lowest BCUT2D eigenvalue weighted by Gasteiger charge is -2.19. The van der Waals surface area contributed by atoms with Gasteiger partial charge in [-0.2, -0.15) is 0 Å². The molecule has 0 saturated heterocycles. The maximum absolute atomic E-state index is 11.9. The first-order valence-electron chi connectivity index (χ1n) is 4.88. The molecule has 0 fully saturated rings. The van der Waals surface area contributed by atoms with Crippen LogP contribution in [0.2, 0.25) is 5.15 Å². The Hall–Kier alpha value is -1.41. The zero-order valence-electron chi connectivity index (χ0n) is 9.97. The summed E-state index contributed by atoms with van der Waals surface area (Å²) in [4.78, 5) is 13.7. The topological polar surface area (TPSA) is 102 Å². The average molecular weight is 294 g/mol. The maximum Gasteiger partial charge on any atom is 0.312 e. The van der Waals surface area contributed by atoms with Crippen molar-refractivity contribution in [1.29, 1.82) is 0 Å². The fourth-order valence-corrected chi connectivity index (χ4v) is 1.79. The fraction of sp³-hybridized carbons (Fsp3) is 0.444. The molecule has 100 valence electrons. The second kappa shape index (κ2) is 4.69. The normalized spacial score (nSPS) is 12.2. The third-order valence-corrected chi connectivity index (χ3v) is 4.36. The minimum atomic E-state index is -3.80. The lowest BCUT2D eigenvalue weighted by molar-refractivity contribution is -0.384. The molecule has 18 heavy (non-hydrogen) atoms. The van der Waals surface area contributed by atoms with Crippen molar-refractivity contribution >= 4 is 33.1 Å². The highest BCUT2D eigenvalue weighted by Gasteiger charge is 2.31. The molecule has 7 nitrogen and oxygen atoms in total. The van der Waals surface area contributed by atoms with Gasteiger partial charge in [-0.3, -0.25) is 14.8 Å². The number of aromatic nitrogens is 1. The minimum absolute atomic E-state index is 0.0350. The summed E-state index contributed by atoms with van der Waals surface area (Å²) >= 11 is 5.60. The van der Waals surface area contributed by atoms with Crippen molar-refractivity contribution in [2.45, 2.75) is 25.5 Å². The molecule has 0 aromatic carbocycles. The first-order chi connectivity index (χ1) is 8.04. The van der Waals surface area contributed by atoms with Crippen molar-refractivity contribution in [3.63, 3.8) is 0 Å². The molecule has 0 bridgehead atoms. The van der Waals surface area contributed by atoms with Crippen LogP contribution in [-0.2, 0) is 10.0 Å². The molecule has 0 atom stereocenters. The molecule has 0 spiro atoms. The predicted octanol–water partition coefficient (Wildman–Crippen LogP) is 2.18. The molecular formula is C9H12ClN3O4S. The monoisotopic (exact) mass is 293 g/mol. The van der Waals surface area contributed by atoms with Crippen LogP contribution in [0.15, 0.2) is 12.1 Å². The Morgan fingerprint density at radius 3 is 2.39 bits per heavy atom. The third kappa shape index (κ3) is 3.08. The van der Waals surface area contributed by atoms with Crippen LogP contribution >= 0.6 is 11.6 Å². The van der Waals surface area contributed by atoms with E-state index >= 15 is 0 Å².